The highest BCUT2D eigenvalue weighted by Crippen LogP contribution is 2.21. The molecule has 1 amide bonds. The van der Waals surface area contributed by atoms with Gasteiger partial charge in [-0.15, -0.1) is 0 Å². The van der Waals surface area contributed by atoms with Gasteiger partial charge in [-0.1, -0.05) is 11.6 Å². The summed E-state index contributed by atoms with van der Waals surface area (Å²) in [5, 5.41) is 12.0. The van der Waals surface area contributed by atoms with E-state index in [1.54, 1.807) is 36.0 Å². The highest BCUT2D eigenvalue weighted by Gasteiger charge is 2.12. The predicted octanol–water partition coefficient (Wildman–Crippen LogP) is 3.56. The van der Waals surface area contributed by atoms with Crippen molar-refractivity contribution in [2.45, 2.75) is 0 Å². The Morgan fingerprint density at radius 1 is 1.47 bits per heavy atom. The van der Waals surface area contributed by atoms with E-state index in [1.807, 2.05) is 6.07 Å². The molecule has 0 fully saturated rings. The fourth-order valence-corrected chi connectivity index (χ4v) is 2.32. The van der Waals surface area contributed by atoms with Crippen LogP contribution in [0.15, 0.2) is 34.9 Å². The second-order valence-corrected chi connectivity index (χ2v) is 5.24. The van der Waals surface area contributed by atoms with Crippen molar-refractivity contribution in [1.29, 1.82) is 5.26 Å². The number of carbonyl (C=O) groups is 1. The van der Waals surface area contributed by atoms with Gasteiger partial charge in [-0.05, 0) is 40.2 Å². The minimum atomic E-state index is -0.251. The van der Waals surface area contributed by atoms with E-state index in [-0.39, 0.29) is 5.91 Å². The zero-order valence-corrected chi connectivity index (χ0v) is 12.3. The van der Waals surface area contributed by atoms with Crippen LogP contribution in [0.2, 0.25) is 5.02 Å². The highest BCUT2D eigenvalue weighted by molar-refractivity contribution is 9.10. The zero-order valence-electron chi connectivity index (χ0n) is 9.95. The van der Waals surface area contributed by atoms with Gasteiger partial charge < -0.3 is 9.88 Å². The number of nitriles is 1. The average molecular weight is 339 g/mol. The fourth-order valence-electron chi connectivity index (χ4n) is 1.63. The Hall–Kier alpha value is -1.77. The number of amides is 1. The highest BCUT2D eigenvalue weighted by atomic mass is 79.9. The predicted molar refractivity (Wildman–Crippen MR) is 77.2 cm³/mol. The number of nitrogens with one attached hydrogen (secondary N) is 1. The Morgan fingerprint density at radius 3 is 2.79 bits per heavy atom. The number of aryl methyl sites for hydroxylation is 1. The van der Waals surface area contributed by atoms with Crippen LogP contribution in [0.25, 0.3) is 0 Å². The summed E-state index contributed by atoms with van der Waals surface area (Å²) in [5.41, 5.74) is 1.37. The van der Waals surface area contributed by atoms with Crippen molar-refractivity contribution < 1.29 is 4.79 Å². The quantitative estimate of drug-likeness (QED) is 0.910. The van der Waals surface area contributed by atoms with E-state index in [1.165, 1.54) is 6.07 Å². The fraction of sp³-hybridized carbons (Fsp3) is 0.0769. The number of benzene rings is 1. The number of anilines is 1. The number of rotatable bonds is 2. The van der Waals surface area contributed by atoms with E-state index in [2.05, 4.69) is 21.2 Å². The molecule has 1 aromatic carbocycles. The summed E-state index contributed by atoms with van der Waals surface area (Å²) in [4.78, 5) is 12.1. The Bertz CT molecular complexity index is 688. The van der Waals surface area contributed by atoms with Crippen molar-refractivity contribution in [3.05, 3.63) is 51.2 Å². The molecule has 0 saturated heterocycles. The largest absolute Gasteiger partial charge is 0.345 e. The maximum Gasteiger partial charge on any atom is 0.272 e. The van der Waals surface area contributed by atoms with Crippen molar-refractivity contribution in [2.75, 3.05) is 5.32 Å². The molecule has 2 aromatic rings. The lowest BCUT2D eigenvalue weighted by atomic mass is 10.2. The SMILES string of the molecule is Cn1cc(Br)cc1C(=O)Nc1ccc(Cl)c(C#N)c1. The van der Waals surface area contributed by atoms with Crippen LogP contribution in [-0.4, -0.2) is 10.5 Å². The molecular formula is C13H9BrClN3O. The number of hydrogen-bond acceptors (Lipinski definition) is 2. The first kappa shape index (κ1) is 13.7. The minimum Gasteiger partial charge on any atom is -0.345 e. The lowest BCUT2D eigenvalue weighted by Crippen LogP contribution is -2.15. The second kappa shape index (κ2) is 5.47. The molecule has 0 aliphatic heterocycles. The van der Waals surface area contributed by atoms with Gasteiger partial charge in [0, 0.05) is 23.4 Å². The molecule has 6 heteroatoms. The van der Waals surface area contributed by atoms with Gasteiger partial charge in [0.05, 0.1) is 10.6 Å². The van der Waals surface area contributed by atoms with E-state index < -0.39 is 0 Å². The number of hydrogen-bond donors (Lipinski definition) is 1. The molecule has 1 aromatic heterocycles. The van der Waals surface area contributed by atoms with Crippen molar-refractivity contribution in [3.8, 4) is 6.07 Å². The van der Waals surface area contributed by atoms with Crippen LogP contribution >= 0.6 is 27.5 Å². The van der Waals surface area contributed by atoms with Gasteiger partial charge in [0.1, 0.15) is 11.8 Å². The van der Waals surface area contributed by atoms with Crippen LogP contribution in [-0.2, 0) is 7.05 Å². The summed E-state index contributed by atoms with van der Waals surface area (Å²) in [5.74, 6) is -0.251. The molecule has 0 aliphatic carbocycles. The van der Waals surface area contributed by atoms with Crippen LogP contribution in [0.4, 0.5) is 5.69 Å². The maximum atomic E-state index is 12.1. The van der Waals surface area contributed by atoms with Gasteiger partial charge in [-0.25, -0.2) is 0 Å². The zero-order chi connectivity index (χ0) is 14.0. The molecule has 0 atom stereocenters. The minimum absolute atomic E-state index is 0.251. The van der Waals surface area contributed by atoms with Crippen molar-refractivity contribution in [1.82, 2.24) is 4.57 Å². The standard InChI is InChI=1S/C13H9BrClN3O/c1-18-7-9(14)5-12(18)13(19)17-10-2-3-11(15)8(4-10)6-16/h2-5,7H,1H3,(H,17,19). The summed E-state index contributed by atoms with van der Waals surface area (Å²) in [6, 6.07) is 8.46. The summed E-state index contributed by atoms with van der Waals surface area (Å²) in [6.07, 6.45) is 1.79. The van der Waals surface area contributed by atoms with E-state index in [0.29, 0.717) is 22.0 Å². The number of carbonyl (C=O) groups excluding carboxylic acids is 1. The summed E-state index contributed by atoms with van der Waals surface area (Å²) in [7, 11) is 1.78. The Labute approximate surface area is 123 Å². The van der Waals surface area contributed by atoms with Gasteiger partial charge in [0.15, 0.2) is 0 Å². The van der Waals surface area contributed by atoms with Gasteiger partial charge >= 0.3 is 0 Å². The Balaban J connectivity index is 2.25. The third kappa shape index (κ3) is 2.98. The molecule has 0 bridgehead atoms. The smallest absolute Gasteiger partial charge is 0.272 e. The second-order valence-electron chi connectivity index (χ2n) is 3.92. The normalized spacial score (nSPS) is 10.0. The van der Waals surface area contributed by atoms with Crippen LogP contribution in [0.3, 0.4) is 0 Å². The summed E-state index contributed by atoms with van der Waals surface area (Å²) < 4.78 is 2.54. The van der Waals surface area contributed by atoms with Gasteiger partial charge in [-0.2, -0.15) is 5.26 Å². The molecule has 0 unspecified atom stereocenters. The average Bonchev–Trinajstić information content (AvgIpc) is 2.71. The number of nitrogens with zero attached hydrogens (tertiary/aromatic N) is 2. The monoisotopic (exact) mass is 337 g/mol. The third-order valence-corrected chi connectivity index (χ3v) is 3.31. The first-order valence-corrected chi connectivity index (χ1v) is 6.51. The molecule has 19 heavy (non-hydrogen) atoms. The summed E-state index contributed by atoms with van der Waals surface area (Å²) >= 11 is 9.14. The van der Waals surface area contributed by atoms with Crippen molar-refractivity contribution in [2.24, 2.45) is 7.05 Å². The topological polar surface area (TPSA) is 57.8 Å². The molecule has 0 saturated carbocycles. The lowest BCUT2D eigenvalue weighted by Gasteiger charge is -2.06. The number of aromatic nitrogens is 1. The van der Waals surface area contributed by atoms with Crippen LogP contribution in [0, 0.1) is 11.3 Å². The van der Waals surface area contributed by atoms with Gasteiger partial charge in [-0.3, -0.25) is 4.79 Å². The molecule has 0 aliphatic rings. The Kier molecular flexibility index (Phi) is 3.93. The lowest BCUT2D eigenvalue weighted by molar-refractivity contribution is 0.101. The molecule has 96 valence electrons. The molecule has 1 heterocycles. The molecule has 1 N–H and O–H groups in total. The molecule has 4 nitrogen and oxygen atoms in total. The van der Waals surface area contributed by atoms with Crippen LogP contribution in [0.1, 0.15) is 16.1 Å². The summed E-state index contributed by atoms with van der Waals surface area (Å²) in [6.45, 7) is 0. The molecule has 0 radical (unpaired) electrons. The first-order chi connectivity index (χ1) is 9.01. The van der Waals surface area contributed by atoms with E-state index in [9.17, 15) is 4.79 Å². The van der Waals surface area contributed by atoms with E-state index in [0.717, 1.165) is 4.47 Å². The van der Waals surface area contributed by atoms with Crippen LogP contribution in [0.5, 0.6) is 0 Å². The first-order valence-electron chi connectivity index (χ1n) is 5.34. The van der Waals surface area contributed by atoms with Crippen LogP contribution < -0.4 is 5.32 Å². The molecule has 2 rings (SSSR count). The third-order valence-electron chi connectivity index (χ3n) is 2.55. The molecule has 0 spiro atoms. The maximum absolute atomic E-state index is 12.1. The van der Waals surface area contributed by atoms with Gasteiger partial charge in [0.25, 0.3) is 5.91 Å². The van der Waals surface area contributed by atoms with Crippen molar-refractivity contribution in [3.63, 3.8) is 0 Å². The van der Waals surface area contributed by atoms with E-state index in [4.69, 9.17) is 16.9 Å². The van der Waals surface area contributed by atoms with Gasteiger partial charge in [0.2, 0.25) is 0 Å². The van der Waals surface area contributed by atoms with E-state index >= 15 is 0 Å². The van der Waals surface area contributed by atoms with Crippen molar-refractivity contribution >= 4 is 39.1 Å². The number of halogens is 2. The molecular weight excluding hydrogens is 330 g/mol. The Morgan fingerprint density at radius 2 is 2.21 bits per heavy atom.